The van der Waals surface area contributed by atoms with Crippen LogP contribution < -0.4 is 5.32 Å². The normalized spacial score (nSPS) is 12.5. The zero-order valence-corrected chi connectivity index (χ0v) is 8.59. The lowest BCUT2D eigenvalue weighted by Crippen LogP contribution is -2.27. The number of hydrogen-bond donors (Lipinski definition) is 1. The van der Waals surface area contributed by atoms with E-state index in [0.29, 0.717) is 0 Å². The minimum absolute atomic E-state index is 0.0253. The number of benzene rings is 1. The molecule has 0 amide bonds. The van der Waals surface area contributed by atoms with Gasteiger partial charge < -0.3 is 0 Å². The smallest absolute Gasteiger partial charge is 0.129 e. The van der Waals surface area contributed by atoms with Gasteiger partial charge in [-0.05, 0) is 32.0 Å². The average Bonchev–Trinajstić information content (AvgIpc) is 2.18. The van der Waals surface area contributed by atoms with Gasteiger partial charge in [0, 0.05) is 11.6 Å². The summed E-state index contributed by atoms with van der Waals surface area (Å²) in [6.07, 6.45) is 0. The highest BCUT2D eigenvalue weighted by molar-refractivity contribution is 5.26. The second-order valence-corrected chi connectivity index (χ2v) is 3.55. The molecule has 1 aromatic rings. The van der Waals surface area contributed by atoms with E-state index in [1.54, 1.807) is 0 Å². The van der Waals surface area contributed by atoms with E-state index in [2.05, 4.69) is 5.32 Å². The molecule has 0 heterocycles. The van der Waals surface area contributed by atoms with Crippen molar-refractivity contribution in [1.82, 2.24) is 5.32 Å². The highest BCUT2D eigenvalue weighted by atomic mass is 19.1. The second-order valence-electron chi connectivity index (χ2n) is 3.55. The number of rotatable bonds is 3. The Balaban J connectivity index is 3.02. The minimum Gasteiger partial charge on any atom is -0.296 e. The molecule has 0 radical (unpaired) electrons. The highest BCUT2D eigenvalue weighted by Gasteiger charge is 2.16. The zero-order chi connectivity index (χ0) is 11.4. The topological polar surface area (TPSA) is 35.8 Å². The van der Waals surface area contributed by atoms with Gasteiger partial charge in [0.2, 0.25) is 0 Å². The number of halogens is 2. The van der Waals surface area contributed by atoms with Gasteiger partial charge in [0.25, 0.3) is 0 Å². The Labute approximate surface area is 87.5 Å². The largest absolute Gasteiger partial charge is 0.296 e. The van der Waals surface area contributed by atoms with Crippen molar-refractivity contribution in [3.05, 3.63) is 35.4 Å². The van der Waals surface area contributed by atoms with Crippen LogP contribution >= 0.6 is 0 Å². The molecule has 1 atom stereocenters. The molecule has 0 spiro atoms. The minimum atomic E-state index is -0.819. The summed E-state index contributed by atoms with van der Waals surface area (Å²) in [5.74, 6) is -1.12. The molecule has 4 heteroatoms. The van der Waals surface area contributed by atoms with Crippen molar-refractivity contribution >= 4 is 0 Å². The second kappa shape index (κ2) is 4.85. The fourth-order valence-electron chi connectivity index (χ4n) is 1.27. The Hall–Kier alpha value is -1.47. The monoisotopic (exact) mass is 210 g/mol. The summed E-state index contributed by atoms with van der Waals surface area (Å²) in [5, 5.41) is 11.7. The zero-order valence-electron chi connectivity index (χ0n) is 8.59. The van der Waals surface area contributed by atoms with E-state index >= 15 is 0 Å². The van der Waals surface area contributed by atoms with E-state index in [9.17, 15) is 8.78 Å². The maximum atomic E-state index is 13.3. The molecule has 15 heavy (non-hydrogen) atoms. The molecule has 0 saturated heterocycles. The first-order chi connectivity index (χ1) is 7.04. The van der Waals surface area contributed by atoms with E-state index in [1.807, 2.05) is 19.9 Å². The summed E-state index contributed by atoms with van der Waals surface area (Å²) >= 11 is 0. The molecule has 1 aromatic carbocycles. The van der Waals surface area contributed by atoms with Gasteiger partial charge in [-0.3, -0.25) is 5.32 Å². The van der Waals surface area contributed by atoms with Gasteiger partial charge >= 0.3 is 0 Å². The molecule has 0 bridgehead atoms. The first-order valence-electron chi connectivity index (χ1n) is 4.65. The summed E-state index contributed by atoms with van der Waals surface area (Å²) in [5.41, 5.74) is 0.0474. The third kappa shape index (κ3) is 3.00. The summed E-state index contributed by atoms with van der Waals surface area (Å²) in [4.78, 5) is 0. The molecule has 1 rings (SSSR count). The van der Waals surface area contributed by atoms with Crippen LogP contribution in [0, 0.1) is 23.0 Å². The Morgan fingerprint density at radius 3 is 2.53 bits per heavy atom. The maximum absolute atomic E-state index is 13.3. The van der Waals surface area contributed by atoms with Crippen molar-refractivity contribution in [2.24, 2.45) is 0 Å². The molecule has 2 nitrogen and oxygen atoms in total. The molecule has 0 aliphatic rings. The highest BCUT2D eigenvalue weighted by Crippen LogP contribution is 2.18. The van der Waals surface area contributed by atoms with Crippen molar-refractivity contribution in [3.8, 4) is 6.07 Å². The lowest BCUT2D eigenvalue weighted by Gasteiger charge is -2.15. The van der Waals surface area contributed by atoms with Gasteiger partial charge in [-0.25, -0.2) is 8.78 Å². The van der Waals surface area contributed by atoms with Crippen LogP contribution in [-0.2, 0) is 0 Å². The quantitative estimate of drug-likeness (QED) is 0.832. The van der Waals surface area contributed by atoms with Crippen LogP contribution in [-0.4, -0.2) is 6.04 Å². The van der Waals surface area contributed by atoms with Crippen LogP contribution in [0.25, 0.3) is 0 Å². The molecule has 80 valence electrons. The Bertz CT molecular complexity index is 383. The molecule has 0 saturated carbocycles. The van der Waals surface area contributed by atoms with Gasteiger partial charge in [-0.15, -0.1) is 0 Å². The van der Waals surface area contributed by atoms with Gasteiger partial charge in [0.15, 0.2) is 0 Å². The number of nitrogens with one attached hydrogen (secondary N) is 1. The van der Waals surface area contributed by atoms with Crippen molar-refractivity contribution in [2.45, 2.75) is 25.9 Å². The Kier molecular flexibility index (Phi) is 3.75. The van der Waals surface area contributed by atoms with Crippen LogP contribution in [0.1, 0.15) is 25.5 Å². The van der Waals surface area contributed by atoms with E-state index in [0.717, 1.165) is 18.2 Å². The summed E-state index contributed by atoms with van der Waals surface area (Å²) in [7, 11) is 0. The van der Waals surface area contributed by atoms with E-state index in [-0.39, 0.29) is 11.6 Å². The van der Waals surface area contributed by atoms with Gasteiger partial charge in [0.1, 0.15) is 17.7 Å². The van der Waals surface area contributed by atoms with E-state index in [4.69, 9.17) is 5.26 Å². The third-order valence-electron chi connectivity index (χ3n) is 1.90. The third-order valence-corrected chi connectivity index (χ3v) is 1.90. The lowest BCUT2D eigenvalue weighted by atomic mass is 10.1. The van der Waals surface area contributed by atoms with Crippen LogP contribution in [0.2, 0.25) is 0 Å². The SMILES string of the molecule is CC(C)NC(C#N)c1cc(F)ccc1F. The standard InChI is InChI=1S/C11H12F2N2/c1-7(2)15-11(6-14)9-5-8(12)3-4-10(9)13/h3-5,7,11,15H,1-2H3. The predicted molar refractivity (Wildman–Crippen MR) is 53.0 cm³/mol. The first-order valence-corrected chi connectivity index (χ1v) is 4.65. The van der Waals surface area contributed by atoms with Crippen molar-refractivity contribution in [2.75, 3.05) is 0 Å². The van der Waals surface area contributed by atoms with E-state index < -0.39 is 17.7 Å². The molecular weight excluding hydrogens is 198 g/mol. The maximum Gasteiger partial charge on any atom is 0.129 e. The fraction of sp³-hybridized carbons (Fsp3) is 0.364. The summed E-state index contributed by atoms with van der Waals surface area (Å²) in [6, 6.07) is 4.20. The number of hydrogen-bond acceptors (Lipinski definition) is 2. The van der Waals surface area contributed by atoms with Crippen LogP contribution in [0.4, 0.5) is 8.78 Å². The molecular formula is C11H12F2N2. The van der Waals surface area contributed by atoms with E-state index in [1.165, 1.54) is 0 Å². The van der Waals surface area contributed by atoms with Crippen molar-refractivity contribution in [3.63, 3.8) is 0 Å². The molecule has 1 unspecified atom stereocenters. The summed E-state index contributed by atoms with van der Waals surface area (Å²) in [6.45, 7) is 3.67. The van der Waals surface area contributed by atoms with Gasteiger partial charge in [-0.1, -0.05) is 0 Å². The van der Waals surface area contributed by atoms with Gasteiger partial charge in [-0.2, -0.15) is 5.26 Å². The molecule has 0 aliphatic carbocycles. The van der Waals surface area contributed by atoms with Crippen LogP contribution in [0.15, 0.2) is 18.2 Å². The fourth-order valence-corrected chi connectivity index (χ4v) is 1.27. The number of nitrogens with zero attached hydrogens (tertiary/aromatic N) is 1. The number of nitriles is 1. The lowest BCUT2D eigenvalue weighted by molar-refractivity contribution is 0.511. The molecule has 0 aliphatic heterocycles. The van der Waals surface area contributed by atoms with Crippen LogP contribution in [0.5, 0.6) is 0 Å². The summed E-state index contributed by atoms with van der Waals surface area (Å²) < 4.78 is 26.2. The average molecular weight is 210 g/mol. The van der Waals surface area contributed by atoms with Crippen LogP contribution in [0.3, 0.4) is 0 Å². The van der Waals surface area contributed by atoms with Crippen molar-refractivity contribution in [1.29, 1.82) is 5.26 Å². The Morgan fingerprint density at radius 1 is 1.33 bits per heavy atom. The predicted octanol–water partition coefficient (Wildman–Crippen LogP) is 2.53. The molecule has 1 N–H and O–H groups in total. The Morgan fingerprint density at radius 2 is 2.00 bits per heavy atom. The first kappa shape index (κ1) is 11.6. The van der Waals surface area contributed by atoms with Gasteiger partial charge in [0.05, 0.1) is 6.07 Å². The molecule has 0 aromatic heterocycles. The van der Waals surface area contributed by atoms with Crippen molar-refractivity contribution < 1.29 is 8.78 Å². The molecule has 0 fully saturated rings.